The number of rotatable bonds is 5. The largest absolute Gasteiger partial charge is 0.494 e. The summed E-state index contributed by atoms with van der Waals surface area (Å²) < 4.78 is 1.56. The highest BCUT2D eigenvalue weighted by Gasteiger charge is 2.19. The standard InChI is InChI=1S/C28H24N4O3S/c1-16-7-5-11-21-20(13-14-29-17(2)33)23(30-25(16)21)15-22-26(34)31-28(36)32(27(22)35)24-12-6-9-18-8-3-4-10-19(18)24/h3-12,15,35H,13-14H2,1-2H3,(H,29,33)(H,31,34,36)/b23-15-. The first kappa shape index (κ1) is 23.4. The molecule has 1 amide bonds. The third-order valence-corrected chi connectivity index (χ3v) is 6.55. The summed E-state index contributed by atoms with van der Waals surface area (Å²) in [6, 6.07) is 19.4. The second-order valence-corrected chi connectivity index (χ2v) is 9.04. The van der Waals surface area contributed by atoms with Crippen molar-refractivity contribution in [3.05, 3.63) is 103 Å². The number of H-pyrrole nitrogens is 1. The van der Waals surface area contributed by atoms with Crippen molar-refractivity contribution in [2.75, 3.05) is 6.54 Å². The number of nitrogens with zero attached hydrogens (tertiary/aromatic N) is 2. The summed E-state index contributed by atoms with van der Waals surface area (Å²) >= 11 is 5.45. The lowest BCUT2D eigenvalue weighted by Gasteiger charge is -2.14. The van der Waals surface area contributed by atoms with Gasteiger partial charge in [0.25, 0.3) is 5.56 Å². The zero-order chi connectivity index (χ0) is 25.4. The van der Waals surface area contributed by atoms with Gasteiger partial charge in [-0.15, -0.1) is 0 Å². The Bertz CT molecular complexity index is 1810. The van der Waals surface area contributed by atoms with Gasteiger partial charge in [-0.2, -0.15) is 0 Å². The van der Waals surface area contributed by atoms with E-state index in [1.165, 1.54) is 11.5 Å². The van der Waals surface area contributed by atoms with E-state index in [9.17, 15) is 14.7 Å². The maximum absolute atomic E-state index is 13.0. The summed E-state index contributed by atoms with van der Waals surface area (Å²) in [5, 5.41) is 17.8. The number of carbonyl (C=O) groups excluding carboxylic acids is 1. The van der Waals surface area contributed by atoms with Crippen molar-refractivity contribution in [3.63, 3.8) is 0 Å². The lowest BCUT2D eigenvalue weighted by Crippen LogP contribution is -2.27. The number of hydrogen-bond donors (Lipinski definition) is 3. The number of fused-ring (bicyclic) bond motifs is 2. The van der Waals surface area contributed by atoms with Crippen molar-refractivity contribution >= 4 is 40.5 Å². The van der Waals surface area contributed by atoms with Gasteiger partial charge >= 0.3 is 0 Å². The summed E-state index contributed by atoms with van der Waals surface area (Å²) in [5.74, 6) is -0.386. The van der Waals surface area contributed by atoms with Gasteiger partial charge < -0.3 is 10.4 Å². The predicted octanol–water partition coefficient (Wildman–Crippen LogP) is 3.41. The van der Waals surface area contributed by atoms with Crippen LogP contribution in [0.4, 0.5) is 0 Å². The molecule has 180 valence electrons. The van der Waals surface area contributed by atoms with Crippen molar-refractivity contribution < 1.29 is 9.90 Å². The van der Waals surface area contributed by atoms with Crippen LogP contribution in [-0.2, 0) is 4.79 Å². The number of allylic oxidation sites excluding steroid dienone is 1. The van der Waals surface area contributed by atoms with E-state index in [1.54, 1.807) is 6.08 Å². The van der Waals surface area contributed by atoms with Gasteiger partial charge in [-0.05, 0) is 54.2 Å². The van der Waals surface area contributed by atoms with Crippen LogP contribution in [0.15, 0.2) is 76.1 Å². The molecule has 0 atom stereocenters. The van der Waals surface area contributed by atoms with Gasteiger partial charge in [-0.1, -0.05) is 54.6 Å². The van der Waals surface area contributed by atoms with E-state index in [1.807, 2.05) is 67.6 Å². The molecule has 0 saturated carbocycles. The lowest BCUT2D eigenvalue weighted by atomic mass is 10.0. The summed E-state index contributed by atoms with van der Waals surface area (Å²) in [7, 11) is 0. The first-order valence-corrected chi connectivity index (χ1v) is 12.0. The second kappa shape index (κ2) is 9.39. The summed E-state index contributed by atoms with van der Waals surface area (Å²) in [5.41, 5.74) is 2.65. The van der Waals surface area contributed by atoms with Crippen molar-refractivity contribution in [1.82, 2.24) is 14.9 Å². The smallest absolute Gasteiger partial charge is 0.262 e. The van der Waals surface area contributed by atoms with Gasteiger partial charge in [0.1, 0.15) is 5.56 Å². The quantitative estimate of drug-likeness (QED) is 0.369. The molecule has 4 aromatic rings. The van der Waals surface area contributed by atoms with Gasteiger partial charge in [0.15, 0.2) is 4.77 Å². The molecule has 3 N–H and O–H groups in total. The highest BCUT2D eigenvalue weighted by molar-refractivity contribution is 7.71. The van der Waals surface area contributed by atoms with Crippen molar-refractivity contribution in [2.24, 2.45) is 4.99 Å². The molecule has 0 unspecified atom stereocenters. The van der Waals surface area contributed by atoms with E-state index in [2.05, 4.69) is 10.3 Å². The molecular weight excluding hydrogens is 472 g/mol. The average Bonchev–Trinajstić information content (AvgIpc) is 3.20. The molecule has 0 saturated heterocycles. The SMILES string of the molecule is CC(=O)NCCC1=c2cccc(C)c2=N/C1=C\c1c(O)n(-c2cccc3ccccc23)c(=S)[nH]c1=O. The number of aryl methyl sites for hydroxylation is 1. The Kier molecular flexibility index (Phi) is 6.12. The highest BCUT2D eigenvalue weighted by Crippen LogP contribution is 2.29. The zero-order valence-electron chi connectivity index (χ0n) is 19.8. The first-order chi connectivity index (χ1) is 17.3. The summed E-state index contributed by atoms with van der Waals surface area (Å²) in [6.45, 7) is 3.87. The molecule has 0 aliphatic carbocycles. The van der Waals surface area contributed by atoms with Crippen LogP contribution >= 0.6 is 12.2 Å². The number of benzene rings is 3. The third-order valence-electron chi connectivity index (χ3n) is 6.26. The van der Waals surface area contributed by atoms with Crippen LogP contribution in [0.1, 0.15) is 24.5 Å². The summed E-state index contributed by atoms with van der Waals surface area (Å²) in [6.07, 6.45) is 2.11. The van der Waals surface area contributed by atoms with Crippen LogP contribution in [0.2, 0.25) is 0 Å². The van der Waals surface area contributed by atoms with Crippen molar-refractivity contribution in [1.29, 1.82) is 0 Å². The Labute approximate surface area is 211 Å². The maximum Gasteiger partial charge on any atom is 0.262 e. The Hall–Kier alpha value is -4.30. The van der Waals surface area contributed by atoms with E-state index < -0.39 is 5.56 Å². The van der Waals surface area contributed by atoms with Gasteiger partial charge in [0, 0.05) is 24.1 Å². The van der Waals surface area contributed by atoms with Crippen LogP contribution in [0.5, 0.6) is 5.88 Å². The van der Waals surface area contributed by atoms with Gasteiger partial charge in [0.05, 0.1) is 16.7 Å². The minimum atomic E-state index is -0.509. The topological polar surface area (TPSA) is 99.5 Å². The van der Waals surface area contributed by atoms with Crippen molar-refractivity contribution in [2.45, 2.75) is 20.3 Å². The molecule has 0 bridgehead atoms. The third kappa shape index (κ3) is 4.16. The maximum atomic E-state index is 13.0. The molecule has 0 fully saturated rings. The zero-order valence-corrected chi connectivity index (χ0v) is 20.6. The van der Waals surface area contributed by atoms with E-state index >= 15 is 0 Å². The molecule has 2 heterocycles. The van der Waals surface area contributed by atoms with Gasteiger partial charge in [-0.3, -0.25) is 19.1 Å². The van der Waals surface area contributed by atoms with Crippen LogP contribution in [0.25, 0.3) is 28.1 Å². The fourth-order valence-electron chi connectivity index (χ4n) is 4.55. The van der Waals surface area contributed by atoms with Gasteiger partial charge in [-0.25, -0.2) is 4.99 Å². The minimum absolute atomic E-state index is 0.0535. The van der Waals surface area contributed by atoms with Crippen LogP contribution in [-0.4, -0.2) is 27.1 Å². The molecule has 0 radical (unpaired) electrons. The minimum Gasteiger partial charge on any atom is -0.494 e. The molecule has 0 spiro atoms. The molecular formula is C28H24N4O3S. The fourth-order valence-corrected chi connectivity index (χ4v) is 4.83. The summed E-state index contributed by atoms with van der Waals surface area (Å²) in [4.78, 5) is 31.9. The predicted molar refractivity (Wildman–Crippen MR) is 143 cm³/mol. The molecule has 1 aliphatic heterocycles. The molecule has 8 heteroatoms. The fraction of sp³-hybridized carbons (Fsp3) is 0.143. The molecule has 36 heavy (non-hydrogen) atoms. The average molecular weight is 497 g/mol. The number of para-hydroxylation sites is 1. The number of aromatic hydroxyl groups is 1. The van der Waals surface area contributed by atoms with Gasteiger partial charge in [0.2, 0.25) is 11.8 Å². The van der Waals surface area contributed by atoms with E-state index in [-0.39, 0.29) is 22.1 Å². The van der Waals surface area contributed by atoms with Crippen LogP contribution in [0, 0.1) is 11.7 Å². The van der Waals surface area contributed by atoms with Crippen molar-refractivity contribution in [3.8, 4) is 11.6 Å². The highest BCUT2D eigenvalue weighted by atomic mass is 32.1. The Morgan fingerprint density at radius 1 is 1.14 bits per heavy atom. The Morgan fingerprint density at radius 2 is 1.89 bits per heavy atom. The second-order valence-electron chi connectivity index (χ2n) is 8.65. The normalized spacial score (nSPS) is 13.6. The lowest BCUT2D eigenvalue weighted by molar-refractivity contribution is -0.118. The van der Waals surface area contributed by atoms with E-state index in [0.29, 0.717) is 24.4 Å². The molecule has 1 aromatic heterocycles. The van der Waals surface area contributed by atoms with E-state index in [0.717, 1.165) is 32.5 Å². The Morgan fingerprint density at radius 3 is 2.69 bits per heavy atom. The monoisotopic (exact) mass is 496 g/mol. The van der Waals surface area contributed by atoms with Crippen LogP contribution in [0.3, 0.4) is 0 Å². The number of nitrogens with one attached hydrogen (secondary N) is 2. The van der Waals surface area contributed by atoms with Crippen LogP contribution < -0.4 is 21.5 Å². The van der Waals surface area contributed by atoms with E-state index in [4.69, 9.17) is 17.2 Å². The molecule has 5 rings (SSSR count). The number of hydrogen-bond acceptors (Lipinski definition) is 5. The number of aromatic amines is 1. The first-order valence-electron chi connectivity index (χ1n) is 11.6. The molecule has 1 aliphatic rings. The molecule has 7 nitrogen and oxygen atoms in total. The number of amides is 1. The Balaban J connectivity index is 1.71. The number of aromatic nitrogens is 2. The molecule has 3 aromatic carbocycles. The number of carbonyl (C=O) groups is 1.